The van der Waals surface area contributed by atoms with Crippen molar-refractivity contribution in [1.29, 1.82) is 5.26 Å². The molecule has 194 valence electrons. The van der Waals surface area contributed by atoms with E-state index in [0.717, 1.165) is 11.1 Å². The van der Waals surface area contributed by atoms with Crippen molar-refractivity contribution in [3.05, 3.63) is 59.9 Å². The molecular weight excluding hydrogens is 504 g/mol. The first-order valence-corrected chi connectivity index (χ1v) is 12.6. The van der Waals surface area contributed by atoms with Crippen LogP contribution in [-0.4, -0.2) is 66.8 Å². The molecule has 1 atom stereocenters. The summed E-state index contributed by atoms with van der Waals surface area (Å²) in [4.78, 5) is 34.6. The fourth-order valence-corrected chi connectivity index (χ4v) is 4.83. The first-order chi connectivity index (χ1) is 18.2. The highest BCUT2D eigenvalue weighted by molar-refractivity contribution is 6.30. The van der Waals surface area contributed by atoms with Crippen molar-refractivity contribution >= 4 is 34.5 Å². The van der Waals surface area contributed by atoms with Gasteiger partial charge in [-0.3, -0.25) is 4.98 Å². The van der Waals surface area contributed by atoms with Gasteiger partial charge in [0.1, 0.15) is 29.5 Å². The number of carbonyl (C=O) groups excluding carboxylic acids is 1. The molecule has 0 aliphatic carbocycles. The molecule has 1 aliphatic rings. The molecule has 0 N–H and O–H groups in total. The second-order valence-electron chi connectivity index (χ2n) is 10.1. The van der Waals surface area contributed by atoms with Gasteiger partial charge in [0, 0.05) is 60.5 Å². The maximum atomic E-state index is 12.7. The number of ether oxygens (including phenoxy) is 1. The Kier molecular flexibility index (Phi) is 6.63. The van der Waals surface area contributed by atoms with Crippen LogP contribution in [-0.2, 0) is 4.74 Å². The number of aromatic nitrogens is 5. The van der Waals surface area contributed by atoms with Gasteiger partial charge < -0.3 is 19.1 Å². The van der Waals surface area contributed by atoms with E-state index < -0.39 is 5.60 Å². The molecular formula is C27H27ClN8O2. The van der Waals surface area contributed by atoms with Crippen molar-refractivity contribution in [2.24, 2.45) is 0 Å². The minimum Gasteiger partial charge on any atom is -0.444 e. The van der Waals surface area contributed by atoms with Gasteiger partial charge >= 0.3 is 6.09 Å². The zero-order chi connectivity index (χ0) is 27.0. The third-order valence-corrected chi connectivity index (χ3v) is 6.49. The van der Waals surface area contributed by atoms with E-state index in [-0.39, 0.29) is 17.8 Å². The first kappa shape index (κ1) is 25.4. The number of halogens is 1. The van der Waals surface area contributed by atoms with Crippen LogP contribution in [0.1, 0.15) is 33.4 Å². The summed E-state index contributed by atoms with van der Waals surface area (Å²) in [6.07, 6.45) is 6.14. The van der Waals surface area contributed by atoms with Crippen LogP contribution in [0.25, 0.3) is 28.0 Å². The summed E-state index contributed by atoms with van der Waals surface area (Å²) in [7, 11) is 0. The Labute approximate surface area is 225 Å². The van der Waals surface area contributed by atoms with Crippen molar-refractivity contribution in [3.8, 4) is 23.0 Å². The number of nitriles is 1. The van der Waals surface area contributed by atoms with E-state index in [4.69, 9.17) is 16.3 Å². The quantitative estimate of drug-likeness (QED) is 0.369. The normalized spacial score (nSPS) is 15.9. The number of nitrogens with zero attached hydrogens (tertiary/aromatic N) is 8. The number of fused-ring (bicyclic) bond motifs is 1. The number of hydrogen-bond acceptors (Lipinski definition) is 8. The Morgan fingerprint density at radius 3 is 2.66 bits per heavy atom. The molecule has 0 spiro atoms. The molecule has 11 heteroatoms. The van der Waals surface area contributed by atoms with Gasteiger partial charge in [0.15, 0.2) is 11.3 Å². The predicted molar refractivity (Wildman–Crippen MR) is 144 cm³/mol. The maximum absolute atomic E-state index is 12.7. The highest BCUT2D eigenvalue weighted by Crippen LogP contribution is 2.38. The molecule has 38 heavy (non-hydrogen) atoms. The van der Waals surface area contributed by atoms with Crippen LogP contribution >= 0.6 is 11.6 Å². The first-order valence-electron chi connectivity index (χ1n) is 12.2. The third-order valence-electron chi connectivity index (χ3n) is 6.26. The van der Waals surface area contributed by atoms with Gasteiger partial charge in [-0.05, 0) is 45.9 Å². The topological polar surface area (TPSA) is 113 Å². The zero-order valence-electron chi connectivity index (χ0n) is 21.6. The number of carbonyl (C=O) groups is 1. The van der Waals surface area contributed by atoms with E-state index >= 15 is 0 Å². The molecule has 0 radical (unpaired) electrons. The van der Waals surface area contributed by atoms with Gasteiger partial charge in [-0.15, -0.1) is 0 Å². The number of amides is 1. The van der Waals surface area contributed by atoms with Crippen LogP contribution in [0.15, 0.2) is 49.2 Å². The third kappa shape index (κ3) is 4.85. The SMILES string of the molecule is CC1CN(C(=O)OC(C)(C)C)CCN1c1ncnc2c1c(-c1nccnc1C#N)cn2-c1cccc(Cl)c1. The van der Waals surface area contributed by atoms with Crippen LogP contribution in [0.3, 0.4) is 0 Å². The summed E-state index contributed by atoms with van der Waals surface area (Å²) in [5.41, 5.74) is 2.21. The van der Waals surface area contributed by atoms with Crippen molar-refractivity contribution in [2.75, 3.05) is 24.5 Å². The van der Waals surface area contributed by atoms with Crippen LogP contribution in [0.2, 0.25) is 5.02 Å². The summed E-state index contributed by atoms with van der Waals surface area (Å²) in [6, 6.07) is 9.53. The molecule has 1 amide bonds. The highest BCUT2D eigenvalue weighted by atomic mass is 35.5. The Morgan fingerprint density at radius 1 is 1.16 bits per heavy atom. The molecule has 10 nitrogen and oxygen atoms in total. The largest absolute Gasteiger partial charge is 0.444 e. The molecule has 1 aliphatic heterocycles. The predicted octanol–water partition coefficient (Wildman–Crippen LogP) is 4.85. The second-order valence-corrected chi connectivity index (χ2v) is 10.6. The average molecular weight is 531 g/mol. The lowest BCUT2D eigenvalue weighted by Gasteiger charge is -2.41. The van der Waals surface area contributed by atoms with Gasteiger partial charge in [0.25, 0.3) is 0 Å². The molecule has 1 aromatic carbocycles. The molecule has 1 unspecified atom stereocenters. The summed E-state index contributed by atoms with van der Waals surface area (Å²) in [5.74, 6) is 0.691. The number of benzene rings is 1. The lowest BCUT2D eigenvalue weighted by atomic mass is 10.1. The lowest BCUT2D eigenvalue weighted by molar-refractivity contribution is 0.0218. The molecule has 4 heterocycles. The van der Waals surface area contributed by atoms with Crippen molar-refractivity contribution in [2.45, 2.75) is 39.3 Å². The zero-order valence-corrected chi connectivity index (χ0v) is 22.3. The van der Waals surface area contributed by atoms with Crippen molar-refractivity contribution in [3.63, 3.8) is 0 Å². The standard InChI is InChI=1S/C27H27ClN8O2/c1-17-14-34(26(37)38-27(2,3)4)10-11-35(17)24-22-20(23-21(13-29)30-8-9-31-23)15-36(25(22)33-16-32-24)19-7-5-6-18(28)12-19/h5-9,12,15-17H,10-11,14H2,1-4H3. The number of anilines is 1. The lowest BCUT2D eigenvalue weighted by Crippen LogP contribution is -2.54. The van der Waals surface area contributed by atoms with Gasteiger partial charge in [0.2, 0.25) is 0 Å². The van der Waals surface area contributed by atoms with Crippen LogP contribution in [0.5, 0.6) is 0 Å². The van der Waals surface area contributed by atoms with Gasteiger partial charge in [-0.25, -0.2) is 19.7 Å². The van der Waals surface area contributed by atoms with E-state index in [9.17, 15) is 10.1 Å². The fourth-order valence-electron chi connectivity index (χ4n) is 4.65. The molecule has 0 saturated carbocycles. The van der Waals surface area contributed by atoms with Crippen LogP contribution < -0.4 is 4.90 Å². The fraction of sp³-hybridized carbons (Fsp3) is 0.333. The monoisotopic (exact) mass is 530 g/mol. The molecule has 5 rings (SSSR count). The Morgan fingerprint density at radius 2 is 1.95 bits per heavy atom. The van der Waals surface area contributed by atoms with Crippen molar-refractivity contribution < 1.29 is 9.53 Å². The van der Waals surface area contributed by atoms with Gasteiger partial charge in [0.05, 0.1) is 5.39 Å². The smallest absolute Gasteiger partial charge is 0.410 e. The minimum absolute atomic E-state index is 0.0611. The summed E-state index contributed by atoms with van der Waals surface area (Å²) >= 11 is 6.31. The number of rotatable bonds is 3. The molecule has 1 saturated heterocycles. The number of piperazine rings is 1. The van der Waals surface area contributed by atoms with E-state index in [2.05, 4.69) is 30.9 Å². The maximum Gasteiger partial charge on any atom is 0.410 e. The van der Waals surface area contributed by atoms with Crippen LogP contribution in [0, 0.1) is 11.3 Å². The summed E-state index contributed by atoms with van der Waals surface area (Å²) in [6.45, 7) is 9.10. The molecule has 0 bridgehead atoms. The van der Waals surface area contributed by atoms with Crippen molar-refractivity contribution in [1.82, 2.24) is 29.4 Å². The number of hydrogen-bond donors (Lipinski definition) is 0. The average Bonchev–Trinajstić information content (AvgIpc) is 3.27. The highest BCUT2D eigenvalue weighted by Gasteiger charge is 2.32. The minimum atomic E-state index is -0.566. The Hall–Kier alpha value is -4.23. The summed E-state index contributed by atoms with van der Waals surface area (Å²) < 4.78 is 7.50. The van der Waals surface area contributed by atoms with E-state index in [1.807, 2.05) is 56.7 Å². The van der Waals surface area contributed by atoms with Crippen LogP contribution in [0.4, 0.5) is 10.6 Å². The van der Waals surface area contributed by atoms with Gasteiger partial charge in [-0.1, -0.05) is 17.7 Å². The molecule has 1 fully saturated rings. The van der Waals surface area contributed by atoms with E-state index in [1.54, 1.807) is 17.2 Å². The van der Waals surface area contributed by atoms with E-state index in [1.165, 1.54) is 12.5 Å². The molecule has 4 aromatic rings. The Balaban J connectivity index is 1.63. The molecule has 3 aromatic heterocycles. The summed E-state index contributed by atoms with van der Waals surface area (Å²) in [5, 5.41) is 11.1. The Bertz CT molecular complexity index is 1550. The second kappa shape index (κ2) is 9.91. The van der Waals surface area contributed by atoms with E-state index in [0.29, 0.717) is 47.4 Å². The van der Waals surface area contributed by atoms with Gasteiger partial charge in [-0.2, -0.15) is 5.26 Å².